The molecule has 3 aliphatic heterocycles. The van der Waals surface area contributed by atoms with Gasteiger partial charge in [0.25, 0.3) is 0 Å². The number of likely N-dealkylation sites (N-methyl/N-ethyl adjacent to an activating group) is 1. The largest absolute Gasteiger partial charge is 0.491 e. The van der Waals surface area contributed by atoms with Crippen LogP contribution in [0.2, 0.25) is 0 Å². The van der Waals surface area contributed by atoms with Crippen LogP contribution in [0.25, 0.3) is 11.0 Å². The SMILES string of the molecule is CCc1cc(Nc2ncc(Br)c(Nc3ccc4nccnc4c3P(C)(C)=O)n2)c2c(c1N1CCC(N3CCN(C)CC3)CC1)CCCO2. The molecule has 0 spiro atoms. The summed E-state index contributed by atoms with van der Waals surface area (Å²) in [4.78, 5) is 26.2. The molecule has 0 amide bonds. The van der Waals surface area contributed by atoms with E-state index in [0.29, 0.717) is 50.9 Å². The molecule has 2 aromatic heterocycles. The van der Waals surface area contributed by atoms with Gasteiger partial charge in [0.1, 0.15) is 24.2 Å². The number of nitrogens with zero attached hydrogens (tertiary/aromatic N) is 7. The van der Waals surface area contributed by atoms with Crippen molar-refractivity contribution in [1.82, 2.24) is 29.7 Å². The first-order chi connectivity index (χ1) is 23.2. The lowest BCUT2D eigenvalue weighted by Gasteiger charge is -2.43. The molecule has 0 atom stereocenters. The lowest BCUT2D eigenvalue weighted by molar-refractivity contribution is 0.0981. The van der Waals surface area contributed by atoms with E-state index in [0.717, 1.165) is 43.8 Å². The molecule has 0 unspecified atom stereocenters. The van der Waals surface area contributed by atoms with Crippen LogP contribution in [-0.4, -0.2) is 102 Å². The van der Waals surface area contributed by atoms with E-state index in [4.69, 9.17) is 9.72 Å². The van der Waals surface area contributed by atoms with E-state index in [1.54, 1.807) is 31.9 Å². The summed E-state index contributed by atoms with van der Waals surface area (Å²) in [7, 11) is -0.510. The Balaban J connectivity index is 1.16. The zero-order valence-electron chi connectivity index (χ0n) is 28.3. The smallest absolute Gasteiger partial charge is 0.229 e. The molecule has 48 heavy (non-hydrogen) atoms. The molecule has 2 N–H and O–H groups in total. The zero-order valence-corrected chi connectivity index (χ0v) is 30.8. The number of hydrogen-bond donors (Lipinski definition) is 2. The van der Waals surface area contributed by atoms with Crippen molar-refractivity contribution in [2.45, 2.75) is 45.1 Å². The standard InChI is InChI=1S/C35H45BrN9O2P/c1-5-23-21-29(32-25(7-6-20-47-32)31(23)45-14-10-24(11-15-45)44-18-16-43(2)17-19-44)41-35-39-22-26(36)34(42-35)40-28-9-8-27-30(38-13-12-37-27)33(28)48(3,4)46/h8-9,12-13,21-22,24H,5-7,10-11,14-20H2,1-4H3,(H2,39,40,41,42). The predicted octanol–water partition coefficient (Wildman–Crippen LogP) is 6.02. The quantitative estimate of drug-likeness (QED) is 0.208. The molecule has 5 heterocycles. The van der Waals surface area contributed by atoms with Gasteiger partial charge in [-0.05, 0) is 92.2 Å². The molecule has 0 saturated carbocycles. The Kier molecular flexibility index (Phi) is 9.61. The van der Waals surface area contributed by atoms with E-state index in [2.05, 4.69) is 76.3 Å². The summed E-state index contributed by atoms with van der Waals surface area (Å²) in [5.41, 5.74) is 6.86. The van der Waals surface area contributed by atoms with Crippen LogP contribution in [0.1, 0.15) is 37.3 Å². The topological polar surface area (TPSA) is 112 Å². The minimum atomic E-state index is -2.74. The molecule has 13 heteroatoms. The number of hydrogen-bond acceptors (Lipinski definition) is 11. The van der Waals surface area contributed by atoms with E-state index >= 15 is 0 Å². The molecule has 11 nitrogen and oxygen atoms in total. The number of halogens is 1. The number of fused-ring (bicyclic) bond motifs is 2. The van der Waals surface area contributed by atoms with Crippen LogP contribution in [-0.2, 0) is 17.4 Å². The number of piperidine rings is 1. The van der Waals surface area contributed by atoms with Gasteiger partial charge in [-0.2, -0.15) is 4.98 Å². The molecule has 0 aliphatic carbocycles. The first-order valence-corrected chi connectivity index (χ1v) is 20.4. The summed E-state index contributed by atoms with van der Waals surface area (Å²) in [5, 5.41) is 7.56. The fourth-order valence-corrected chi connectivity index (χ4v) is 9.10. The monoisotopic (exact) mass is 733 g/mol. The van der Waals surface area contributed by atoms with Gasteiger partial charge in [0, 0.05) is 75.2 Å². The van der Waals surface area contributed by atoms with E-state index in [1.165, 1.54) is 55.8 Å². The van der Waals surface area contributed by atoms with Crippen LogP contribution in [0, 0.1) is 0 Å². The first kappa shape index (κ1) is 33.2. The Hall–Kier alpha value is -3.31. The van der Waals surface area contributed by atoms with Crippen molar-refractivity contribution < 1.29 is 9.30 Å². The van der Waals surface area contributed by atoms with Crippen molar-refractivity contribution in [3.63, 3.8) is 0 Å². The second-order valence-electron chi connectivity index (χ2n) is 13.5. The molecule has 2 fully saturated rings. The summed E-state index contributed by atoms with van der Waals surface area (Å²) in [6.07, 6.45) is 10.3. The molecule has 0 bridgehead atoms. The highest BCUT2D eigenvalue weighted by molar-refractivity contribution is 9.10. The minimum Gasteiger partial charge on any atom is -0.491 e. The van der Waals surface area contributed by atoms with Crippen molar-refractivity contribution >= 4 is 68.2 Å². The molecule has 0 radical (unpaired) electrons. The number of nitrogens with one attached hydrogen (secondary N) is 2. The van der Waals surface area contributed by atoms with Crippen molar-refractivity contribution in [2.75, 3.05) is 81.8 Å². The second kappa shape index (κ2) is 13.9. The average molecular weight is 735 g/mol. The lowest BCUT2D eigenvalue weighted by atomic mass is 9.93. The maximum Gasteiger partial charge on any atom is 0.229 e. The first-order valence-electron chi connectivity index (χ1n) is 17.0. The molecular weight excluding hydrogens is 689 g/mol. The summed E-state index contributed by atoms with van der Waals surface area (Å²) in [6.45, 7) is 13.2. The van der Waals surface area contributed by atoms with E-state index in [-0.39, 0.29) is 0 Å². The number of aryl methyl sites for hydroxylation is 1. The third-order valence-corrected chi connectivity index (χ3v) is 12.0. The Labute approximate surface area is 291 Å². The van der Waals surface area contributed by atoms with Crippen LogP contribution < -0.4 is 25.6 Å². The van der Waals surface area contributed by atoms with Crippen molar-refractivity contribution in [1.29, 1.82) is 0 Å². The molecule has 4 aromatic rings. The minimum absolute atomic E-state index is 0.443. The Morgan fingerprint density at radius 3 is 2.52 bits per heavy atom. The van der Waals surface area contributed by atoms with Crippen LogP contribution in [0.15, 0.2) is 41.3 Å². The second-order valence-corrected chi connectivity index (χ2v) is 17.5. The maximum atomic E-state index is 13.5. The fourth-order valence-electron chi connectivity index (χ4n) is 7.42. The van der Waals surface area contributed by atoms with Crippen molar-refractivity contribution in [3.05, 3.63) is 52.4 Å². The molecule has 7 rings (SSSR count). The molecule has 2 saturated heterocycles. The highest BCUT2D eigenvalue weighted by atomic mass is 79.9. The Morgan fingerprint density at radius 1 is 1.00 bits per heavy atom. The van der Waals surface area contributed by atoms with Crippen LogP contribution >= 0.6 is 23.1 Å². The van der Waals surface area contributed by atoms with Crippen molar-refractivity contribution in [3.8, 4) is 5.75 Å². The summed E-state index contributed by atoms with van der Waals surface area (Å²) < 4.78 is 20.6. The van der Waals surface area contributed by atoms with Gasteiger partial charge >= 0.3 is 0 Å². The Morgan fingerprint density at radius 2 is 1.77 bits per heavy atom. The number of piperazine rings is 1. The molecule has 3 aliphatic rings. The zero-order chi connectivity index (χ0) is 33.4. The summed E-state index contributed by atoms with van der Waals surface area (Å²) in [5.74, 6) is 1.90. The number of anilines is 5. The van der Waals surface area contributed by atoms with Gasteiger partial charge in [-0.1, -0.05) is 6.92 Å². The van der Waals surface area contributed by atoms with Crippen molar-refractivity contribution in [2.24, 2.45) is 0 Å². The third kappa shape index (κ3) is 6.77. The Bertz CT molecular complexity index is 1850. The average Bonchev–Trinajstić information content (AvgIpc) is 3.09. The van der Waals surface area contributed by atoms with Crippen LogP contribution in [0.4, 0.5) is 28.8 Å². The molecule has 254 valence electrons. The van der Waals surface area contributed by atoms with E-state index < -0.39 is 7.14 Å². The third-order valence-electron chi connectivity index (χ3n) is 9.86. The lowest BCUT2D eigenvalue weighted by Crippen LogP contribution is -2.52. The van der Waals surface area contributed by atoms with Gasteiger partial charge in [0.05, 0.1) is 33.3 Å². The number of rotatable bonds is 8. The van der Waals surface area contributed by atoms with Crippen LogP contribution in [0.5, 0.6) is 5.75 Å². The van der Waals surface area contributed by atoms with Gasteiger partial charge in [-0.25, -0.2) is 4.98 Å². The number of aromatic nitrogens is 4. The van der Waals surface area contributed by atoms with Gasteiger partial charge in [0.2, 0.25) is 5.95 Å². The molecule has 2 aromatic carbocycles. The highest BCUT2D eigenvalue weighted by Gasteiger charge is 2.31. The maximum absolute atomic E-state index is 13.5. The summed E-state index contributed by atoms with van der Waals surface area (Å²) in [6, 6.07) is 6.67. The van der Waals surface area contributed by atoms with E-state index in [9.17, 15) is 4.57 Å². The van der Waals surface area contributed by atoms with Gasteiger partial charge in [-0.15, -0.1) is 0 Å². The predicted molar refractivity (Wildman–Crippen MR) is 199 cm³/mol. The molecular formula is C35H45BrN9O2P. The van der Waals surface area contributed by atoms with Gasteiger partial charge < -0.3 is 29.7 Å². The summed E-state index contributed by atoms with van der Waals surface area (Å²) >= 11 is 3.62. The normalized spacial score (nSPS) is 18.1. The van der Waals surface area contributed by atoms with Crippen LogP contribution in [0.3, 0.4) is 0 Å². The highest BCUT2D eigenvalue weighted by Crippen LogP contribution is 2.45. The fraction of sp³-hybridized carbons (Fsp3) is 0.486. The van der Waals surface area contributed by atoms with E-state index in [1.807, 2.05) is 12.1 Å². The number of ether oxygens (including phenoxy) is 1. The van der Waals surface area contributed by atoms with Gasteiger partial charge in [0.15, 0.2) is 0 Å². The van der Waals surface area contributed by atoms with Gasteiger partial charge in [-0.3, -0.25) is 14.9 Å². The number of benzene rings is 2.